The molecule has 6 heteroatoms. The van der Waals surface area contributed by atoms with Crippen molar-refractivity contribution in [1.82, 2.24) is 10.9 Å². The lowest BCUT2D eigenvalue weighted by Gasteiger charge is -2.11. The van der Waals surface area contributed by atoms with E-state index in [1.165, 1.54) is 5.56 Å². The molecular weight excluding hydrogens is 380 g/mol. The summed E-state index contributed by atoms with van der Waals surface area (Å²) < 4.78 is 11.2. The zero-order valence-corrected chi connectivity index (χ0v) is 16.8. The third kappa shape index (κ3) is 6.38. The van der Waals surface area contributed by atoms with Crippen LogP contribution in [0.15, 0.2) is 78.9 Å². The van der Waals surface area contributed by atoms with Gasteiger partial charge in [0.05, 0.1) is 6.61 Å². The Morgan fingerprint density at radius 2 is 1.50 bits per heavy atom. The van der Waals surface area contributed by atoms with E-state index in [4.69, 9.17) is 9.47 Å². The number of para-hydroxylation sites is 1. The fourth-order valence-corrected chi connectivity index (χ4v) is 2.73. The monoisotopic (exact) mass is 404 g/mol. The van der Waals surface area contributed by atoms with E-state index in [2.05, 4.69) is 23.0 Å². The molecule has 30 heavy (non-hydrogen) atoms. The predicted octanol–water partition coefficient (Wildman–Crippen LogP) is 3.46. The summed E-state index contributed by atoms with van der Waals surface area (Å²) in [6.45, 7) is 2.25. The number of hydrogen-bond donors (Lipinski definition) is 2. The number of benzene rings is 3. The third-order valence-corrected chi connectivity index (χ3v) is 4.39. The van der Waals surface area contributed by atoms with Gasteiger partial charge in [-0.1, -0.05) is 48.5 Å². The highest BCUT2D eigenvalue weighted by Crippen LogP contribution is 2.16. The van der Waals surface area contributed by atoms with Crippen LogP contribution in [0.5, 0.6) is 11.5 Å². The van der Waals surface area contributed by atoms with Gasteiger partial charge >= 0.3 is 0 Å². The van der Waals surface area contributed by atoms with Crippen LogP contribution in [-0.4, -0.2) is 25.0 Å². The van der Waals surface area contributed by atoms with Crippen molar-refractivity contribution in [3.05, 3.63) is 95.6 Å². The van der Waals surface area contributed by atoms with Crippen molar-refractivity contribution >= 4 is 11.8 Å². The molecule has 0 aliphatic carbocycles. The van der Waals surface area contributed by atoms with Crippen LogP contribution >= 0.6 is 0 Å². The van der Waals surface area contributed by atoms with Crippen LogP contribution in [-0.2, 0) is 11.2 Å². The molecule has 0 fully saturated rings. The van der Waals surface area contributed by atoms with Crippen LogP contribution in [0, 0.1) is 6.92 Å². The third-order valence-electron chi connectivity index (χ3n) is 4.39. The summed E-state index contributed by atoms with van der Waals surface area (Å²) in [5.74, 6) is 0.433. The second-order valence-corrected chi connectivity index (χ2v) is 6.66. The van der Waals surface area contributed by atoms with E-state index < -0.39 is 11.8 Å². The van der Waals surface area contributed by atoms with Gasteiger partial charge in [0.2, 0.25) is 0 Å². The number of hydrogen-bond acceptors (Lipinski definition) is 4. The highest BCUT2D eigenvalue weighted by molar-refractivity contribution is 5.95. The molecule has 0 radical (unpaired) electrons. The number of amides is 2. The van der Waals surface area contributed by atoms with Crippen molar-refractivity contribution in [1.29, 1.82) is 0 Å². The van der Waals surface area contributed by atoms with Gasteiger partial charge < -0.3 is 9.47 Å². The molecular formula is C24H24N2O4. The van der Waals surface area contributed by atoms with Crippen LogP contribution in [0.4, 0.5) is 0 Å². The van der Waals surface area contributed by atoms with E-state index in [0.717, 1.165) is 12.0 Å². The first-order valence-electron chi connectivity index (χ1n) is 9.66. The Kier molecular flexibility index (Phi) is 7.44. The van der Waals surface area contributed by atoms with E-state index in [1.54, 1.807) is 30.3 Å². The van der Waals surface area contributed by atoms with Crippen LogP contribution < -0.4 is 20.3 Å². The lowest BCUT2D eigenvalue weighted by molar-refractivity contribution is -0.123. The van der Waals surface area contributed by atoms with E-state index >= 15 is 0 Å². The van der Waals surface area contributed by atoms with Gasteiger partial charge in [0, 0.05) is 12.0 Å². The molecule has 0 heterocycles. The Balaban J connectivity index is 1.39. The number of hydrazine groups is 1. The fraction of sp³-hybridized carbons (Fsp3) is 0.167. The molecule has 2 amide bonds. The molecule has 0 aliphatic rings. The van der Waals surface area contributed by atoms with Crippen LogP contribution in [0.3, 0.4) is 0 Å². The van der Waals surface area contributed by atoms with Crippen molar-refractivity contribution in [2.75, 3.05) is 13.2 Å². The number of rotatable bonds is 8. The average Bonchev–Trinajstić information content (AvgIpc) is 2.78. The summed E-state index contributed by atoms with van der Waals surface area (Å²) in [5, 5.41) is 0. The van der Waals surface area contributed by atoms with Crippen molar-refractivity contribution in [2.45, 2.75) is 13.3 Å². The fourth-order valence-electron chi connectivity index (χ4n) is 2.73. The van der Waals surface area contributed by atoms with Crippen LogP contribution in [0.25, 0.3) is 0 Å². The second kappa shape index (κ2) is 10.7. The summed E-state index contributed by atoms with van der Waals surface area (Å²) in [4.78, 5) is 24.1. The minimum Gasteiger partial charge on any atom is -0.493 e. The van der Waals surface area contributed by atoms with Gasteiger partial charge in [0.1, 0.15) is 11.5 Å². The van der Waals surface area contributed by atoms with Crippen molar-refractivity contribution < 1.29 is 19.1 Å². The minimum absolute atomic E-state index is 0.195. The number of carbonyl (C=O) groups is 2. The molecule has 0 saturated carbocycles. The molecule has 3 aromatic rings. The van der Waals surface area contributed by atoms with Crippen LogP contribution in [0.1, 0.15) is 21.5 Å². The average molecular weight is 404 g/mol. The zero-order valence-electron chi connectivity index (χ0n) is 16.8. The summed E-state index contributed by atoms with van der Waals surface area (Å²) in [6, 6.07) is 24.2. The van der Waals surface area contributed by atoms with Crippen LogP contribution in [0.2, 0.25) is 0 Å². The highest BCUT2D eigenvalue weighted by Gasteiger charge is 2.09. The first kappa shape index (κ1) is 20.9. The summed E-state index contributed by atoms with van der Waals surface area (Å²) in [6.07, 6.45) is 0.805. The lowest BCUT2D eigenvalue weighted by atomic mass is 10.2. The van der Waals surface area contributed by atoms with E-state index in [0.29, 0.717) is 23.7 Å². The molecule has 0 aromatic heterocycles. The van der Waals surface area contributed by atoms with Gasteiger partial charge in [-0.05, 0) is 48.4 Å². The van der Waals surface area contributed by atoms with Gasteiger partial charge in [-0.15, -0.1) is 0 Å². The maximum absolute atomic E-state index is 12.2. The minimum atomic E-state index is -0.451. The number of ether oxygens (including phenoxy) is 2. The smallest absolute Gasteiger partial charge is 0.276 e. The Morgan fingerprint density at radius 1 is 0.800 bits per heavy atom. The quantitative estimate of drug-likeness (QED) is 0.564. The number of nitrogens with one attached hydrogen (secondary N) is 2. The van der Waals surface area contributed by atoms with E-state index in [1.807, 2.05) is 43.3 Å². The molecule has 3 rings (SSSR count). The molecule has 2 N–H and O–H groups in total. The molecule has 0 saturated heterocycles. The molecule has 154 valence electrons. The maximum Gasteiger partial charge on any atom is 0.276 e. The Bertz CT molecular complexity index is 972. The number of carbonyl (C=O) groups excluding carboxylic acids is 2. The maximum atomic E-state index is 12.2. The van der Waals surface area contributed by atoms with Crippen molar-refractivity contribution in [3.8, 4) is 11.5 Å². The Morgan fingerprint density at radius 3 is 2.23 bits per heavy atom. The SMILES string of the molecule is Cc1ccccc1OCC(=O)NNC(=O)c1ccc(OCCc2ccccc2)cc1. The van der Waals surface area contributed by atoms with E-state index in [-0.39, 0.29) is 6.61 Å². The molecule has 0 unspecified atom stereocenters. The molecule has 0 atom stereocenters. The van der Waals surface area contributed by atoms with Crippen molar-refractivity contribution in [2.24, 2.45) is 0 Å². The van der Waals surface area contributed by atoms with Gasteiger partial charge in [-0.3, -0.25) is 20.4 Å². The highest BCUT2D eigenvalue weighted by atomic mass is 16.5. The first-order chi connectivity index (χ1) is 14.6. The standard InChI is InChI=1S/C24H24N2O4/c1-18-7-5-6-10-22(18)30-17-23(27)25-26-24(28)20-11-13-21(14-12-20)29-16-15-19-8-3-2-4-9-19/h2-14H,15-17H2,1H3,(H,25,27)(H,26,28). The van der Waals surface area contributed by atoms with E-state index in [9.17, 15) is 9.59 Å². The summed E-state index contributed by atoms with van der Waals surface area (Å²) >= 11 is 0. The van der Waals surface area contributed by atoms with Gasteiger partial charge in [0.15, 0.2) is 6.61 Å². The summed E-state index contributed by atoms with van der Waals surface area (Å²) in [5.41, 5.74) is 7.26. The number of aryl methyl sites for hydroxylation is 1. The Hall–Kier alpha value is -3.80. The molecule has 0 spiro atoms. The topological polar surface area (TPSA) is 76.7 Å². The van der Waals surface area contributed by atoms with Gasteiger partial charge in [-0.25, -0.2) is 0 Å². The van der Waals surface area contributed by atoms with Crippen molar-refractivity contribution in [3.63, 3.8) is 0 Å². The largest absolute Gasteiger partial charge is 0.493 e. The molecule has 3 aromatic carbocycles. The molecule has 0 aliphatic heterocycles. The van der Waals surface area contributed by atoms with Gasteiger partial charge in [-0.2, -0.15) is 0 Å². The zero-order chi connectivity index (χ0) is 21.2. The Labute approximate surface area is 175 Å². The first-order valence-corrected chi connectivity index (χ1v) is 9.66. The lowest BCUT2D eigenvalue weighted by Crippen LogP contribution is -2.43. The molecule has 0 bridgehead atoms. The summed E-state index contributed by atoms with van der Waals surface area (Å²) in [7, 11) is 0. The second-order valence-electron chi connectivity index (χ2n) is 6.66. The van der Waals surface area contributed by atoms with Gasteiger partial charge in [0.25, 0.3) is 11.8 Å². The molecule has 6 nitrogen and oxygen atoms in total. The predicted molar refractivity (Wildman–Crippen MR) is 114 cm³/mol. The normalized spacial score (nSPS) is 10.2.